The molecule has 0 aliphatic carbocycles. The first-order chi connectivity index (χ1) is 7.07. The van der Waals surface area contributed by atoms with Crippen molar-refractivity contribution in [3.63, 3.8) is 0 Å². The average molecular weight is 272 g/mol. The molecule has 0 aromatic carbocycles. The first-order valence-corrected chi connectivity index (χ1v) is 6.94. The van der Waals surface area contributed by atoms with Crippen LogP contribution in [-0.2, 0) is 10.2 Å². The molecule has 1 aliphatic heterocycles. The van der Waals surface area contributed by atoms with Crippen molar-refractivity contribution in [2.45, 2.75) is 32.7 Å². The average Bonchev–Trinajstić information content (AvgIpc) is 2.67. The third kappa shape index (κ3) is 3.07. The molecular weight excluding hydrogens is 250 g/mol. The predicted octanol–water partition coefficient (Wildman–Crippen LogP) is 0.418. The summed E-state index contributed by atoms with van der Waals surface area (Å²) in [7, 11) is -3.28. The summed E-state index contributed by atoms with van der Waals surface area (Å²) in [6, 6.07) is -0.00407. The standard InChI is InChI=1S/C9H21N3O2S.ClH/c1-3-11(4-2)15(13,14)12-7-5-6-9(12)8-10;/h9H,3-8,10H2,1-2H3;1H. The van der Waals surface area contributed by atoms with E-state index in [1.54, 1.807) is 4.31 Å². The van der Waals surface area contributed by atoms with Crippen molar-refractivity contribution in [3.05, 3.63) is 0 Å². The Morgan fingerprint density at radius 1 is 1.38 bits per heavy atom. The van der Waals surface area contributed by atoms with Gasteiger partial charge in [-0.15, -0.1) is 12.4 Å². The lowest BCUT2D eigenvalue weighted by Crippen LogP contribution is -2.47. The van der Waals surface area contributed by atoms with Gasteiger partial charge in [-0.25, -0.2) is 0 Å². The van der Waals surface area contributed by atoms with Crippen LogP contribution in [0, 0.1) is 0 Å². The van der Waals surface area contributed by atoms with Crippen molar-refractivity contribution in [2.75, 3.05) is 26.2 Å². The highest BCUT2D eigenvalue weighted by molar-refractivity contribution is 7.86. The zero-order valence-electron chi connectivity index (χ0n) is 9.92. The molecule has 0 aromatic heterocycles. The van der Waals surface area contributed by atoms with Crippen molar-refractivity contribution in [3.8, 4) is 0 Å². The van der Waals surface area contributed by atoms with Gasteiger partial charge in [0.25, 0.3) is 10.2 Å². The van der Waals surface area contributed by atoms with Gasteiger partial charge < -0.3 is 5.73 Å². The molecule has 0 radical (unpaired) electrons. The second-order valence-corrected chi connectivity index (χ2v) is 5.62. The van der Waals surface area contributed by atoms with Crippen molar-refractivity contribution in [2.24, 2.45) is 5.73 Å². The number of nitrogens with two attached hydrogens (primary N) is 1. The van der Waals surface area contributed by atoms with Crippen LogP contribution in [-0.4, -0.2) is 49.2 Å². The van der Waals surface area contributed by atoms with E-state index in [0.717, 1.165) is 12.8 Å². The molecule has 1 fully saturated rings. The van der Waals surface area contributed by atoms with Crippen LogP contribution in [0.3, 0.4) is 0 Å². The Balaban J connectivity index is 0.00000225. The molecule has 0 aromatic rings. The highest BCUT2D eigenvalue weighted by atomic mass is 35.5. The Hall–Kier alpha value is 0.120. The van der Waals surface area contributed by atoms with Crippen LogP contribution in [0.4, 0.5) is 0 Å². The molecule has 1 atom stereocenters. The molecule has 0 spiro atoms. The minimum Gasteiger partial charge on any atom is -0.329 e. The quantitative estimate of drug-likeness (QED) is 0.788. The van der Waals surface area contributed by atoms with Gasteiger partial charge in [-0.05, 0) is 12.8 Å². The summed E-state index contributed by atoms with van der Waals surface area (Å²) in [6.45, 7) is 5.78. The largest absolute Gasteiger partial charge is 0.329 e. The SMILES string of the molecule is CCN(CC)S(=O)(=O)N1CCCC1CN.Cl. The first-order valence-electron chi connectivity index (χ1n) is 5.54. The van der Waals surface area contributed by atoms with Gasteiger partial charge in [0, 0.05) is 32.2 Å². The molecular formula is C9H22ClN3O2S. The summed E-state index contributed by atoms with van der Waals surface area (Å²) in [5.74, 6) is 0. The fraction of sp³-hybridized carbons (Fsp3) is 1.00. The molecule has 7 heteroatoms. The highest BCUT2D eigenvalue weighted by Gasteiger charge is 2.36. The van der Waals surface area contributed by atoms with Gasteiger partial charge in [-0.3, -0.25) is 0 Å². The molecule has 1 heterocycles. The number of hydrogen-bond donors (Lipinski definition) is 1. The Kier molecular flexibility index (Phi) is 6.81. The summed E-state index contributed by atoms with van der Waals surface area (Å²) in [6.07, 6.45) is 1.80. The van der Waals surface area contributed by atoms with Crippen molar-refractivity contribution in [1.82, 2.24) is 8.61 Å². The second kappa shape index (κ2) is 6.76. The maximum Gasteiger partial charge on any atom is 0.282 e. The maximum atomic E-state index is 12.2. The normalized spacial score (nSPS) is 22.4. The van der Waals surface area contributed by atoms with E-state index in [1.165, 1.54) is 4.31 Å². The van der Waals surface area contributed by atoms with E-state index in [1.807, 2.05) is 13.8 Å². The van der Waals surface area contributed by atoms with E-state index in [2.05, 4.69) is 0 Å². The molecule has 1 saturated heterocycles. The minimum atomic E-state index is -3.28. The zero-order chi connectivity index (χ0) is 11.5. The fourth-order valence-electron chi connectivity index (χ4n) is 2.05. The van der Waals surface area contributed by atoms with E-state index in [-0.39, 0.29) is 18.4 Å². The smallest absolute Gasteiger partial charge is 0.282 e. The van der Waals surface area contributed by atoms with E-state index in [0.29, 0.717) is 26.2 Å². The lowest BCUT2D eigenvalue weighted by Gasteiger charge is -2.29. The van der Waals surface area contributed by atoms with Crippen LogP contribution in [0.2, 0.25) is 0 Å². The van der Waals surface area contributed by atoms with Crippen molar-refractivity contribution < 1.29 is 8.42 Å². The minimum absolute atomic E-state index is 0. The van der Waals surface area contributed by atoms with Crippen LogP contribution in [0.25, 0.3) is 0 Å². The topological polar surface area (TPSA) is 66.6 Å². The molecule has 0 bridgehead atoms. The van der Waals surface area contributed by atoms with Crippen LogP contribution < -0.4 is 5.73 Å². The van der Waals surface area contributed by atoms with Gasteiger partial charge in [0.1, 0.15) is 0 Å². The van der Waals surface area contributed by atoms with Gasteiger partial charge >= 0.3 is 0 Å². The fourth-order valence-corrected chi connectivity index (χ4v) is 3.92. The van der Waals surface area contributed by atoms with Gasteiger partial charge in [0.2, 0.25) is 0 Å². The van der Waals surface area contributed by atoms with Crippen LogP contribution in [0.5, 0.6) is 0 Å². The highest BCUT2D eigenvalue weighted by Crippen LogP contribution is 2.22. The van der Waals surface area contributed by atoms with E-state index in [9.17, 15) is 8.42 Å². The number of rotatable bonds is 5. The number of hydrogen-bond acceptors (Lipinski definition) is 3. The van der Waals surface area contributed by atoms with Gasteiger partial charge in [0.05, 0.1) is 0 Å². The summed E-state index contributed by atoms with van der Waals surface area (Å²) in [4.78, 5) is 0. The number of halogens is 1. The molecule has 1 unspecified atom stereocenters. The second-order valence-electron chi connectivity index (χ2n) is 3.73. The lowest BCUT2D eigenvalue weighted by atomic mass is 10.2. The lowest BCUT2D eigenvalue weighted by molar-refractivity contribution is 0.337. The van der Waals surface area contributed by atoms with Crippen molar-refractivity contribution >= 4 is 22.6 Å². The van der Waals surface area contributed by atoms with E-state index >= 15 is 0 Å². The van der Waals surface area contributed by atoms with Crippen LogP contribution in [0.1, 0.15) is 26.7 Å². The summed E-state index contributed by atoms with van der Waals surface area (Å²) in [5, 5.41) is 0. The summed E-state index contributed by atoms with van der Waals surface area (Å²) < 4.78 is 27.4. The Bertz CT molecular complexity index is 293. The van der Waals surface area contributed by atoms with Crippen LogP contribution >= 0.6 is 12.4 Å². The molecule has 16 heavy (non-hydrogen) atoms. The maximum absolute atomic E-state index is 12.2. The summed E-state index contributed by atoms with van der Waals surface area (Å²) in [5.41, 5.74) is 5.58. The monoisotopic (exact) mass is 271 g/mol. The Morgan fingerprint density at radius 2 is 1.94 bits per heavy atom. The molecule has 0 amide bonds. The molecule has 98 valence electrons. The predicted molar refractivity (Wildman–Crippen MR) is 67.9 cm³/mol. The first kappa shape index (κ1) is 16.1. The van der Waals surface area contributed by atoms with Gasteiger partial charge in [0.15, 0.2) is 0 Å². The zero-order valence-corrected chi connectivity index (χ0v) is 11.6. The van der Waals surface area contributed by atoms with Gasteiger partial charge in [-0.1, -0.05) is 13.8 Å². The van der Waals surface area contributed by atoms with Crippen LogP contribution in [0.15, 0.2) is 0 Å². The van der Waals surface area contributed by atoms with E-state index < -0.39 is 10.2 Å². The summed E-state index contributed by atoms with van der Waals surface area (Å²) >= 11 is 0. The molecule has 5 nitrogen and oxygen atoms in total. The van der Waals surface area contributed by atoms with Gasteiger partial charge in [-0.2, -0.15) is 17.0 Å². The third-order valence-corrected chi connectivity index (χ3v) is 5.17. The Labute approximate surface area is 105 Å². The number of nitrogens with zero attached hydrogens (tertiary/aromatic N) is 2. The molecule has 1 aliphatic rings. The van der Waals surface area contributed by atoms with Crippen molar-refractivity contribution in [1.29, 1.82) is 0 Å². The Morgan fingerprint density at radius 3 is 2.38 bits per heavy atom. The molecule has 1 rings (SSSR count). The molecule has 0 saturated carbocycles. The molecule has 2 N–H and O–H groups in total. The van der Waals surface area contributed by atoms with E-state index in [4.69, 9.17) is 5.73 Å². The third-order valence-electron chi connectivity index (χ3n) is 2.92.